The van der Waals surface area contributed by atoms with Crippen molar-refractivity contribution in [3.05, 3.63) is 107 Å². The Morgan fingerprint density at radius 1 is 0.978 bits per heavy atom. The summed E-state index contributed by atoms with van der Waals surface area (Å²) in [5, 5.41) is 3.44. The molecule has 5 aromatic rings. The van der Waals surface area contributed by atoms with E-state index in [1.807, 2.05) is 0 Å². The van der Waals surface area contributed by atoms with Crippen LogP contribution in [0.5, 0.6) is 23.0 Å². The van der Waals surface area contributed by atoms with Gasteiger partial charge in [-0.25, -0.2) is 9.37 Å². The van der Waals surface area contributed by atoms with Crippen LogP contribution in [0.15, 0.2) is 84.0 Å². The predicted octanol–water partition coefficient (Wildman–Crippen LogP) is 5.95. The summed E-state index contributed by atoms with van der Waals surface area (Å²) < 4.78 is 37.4. The van der Waals surface area contributed by atoms with Gasteiger partial charge in [-0.2, -0.15) is 0 Å². The van der Waals surface area contributed by atoms with Crippen molar-refractivity contribution in [1.29, 1.82) is 0 Å². The third-order valence-corrected chi connectivity index (χ3v) is 7.70. The van der Waals surface area contributed by atoms with Crippen molar-refractivity contribution in [2.45, 2.75) is 19.3 Å². The lowest BCUT2D eigenvalue weighted by atomic mass is 9.92. The number of hydrogen-bond donors (Lipinski definition) is 1. The molecule has 1 fully saturated rings. The van der Waals surface area contributed by atoms with Gasteiger partial charge in [-0.05, 0) is 85.3 Å². The van der Waals surface area contributed by atoms with Gasteiger partial charge in [0.15, 0.2) is 11.5 Å². The number of carbonyl (C=O) groups excluding carboxylic acids is 1. The molecule has 10 nitrogen and oxygen atoms in total. The van der Waals surface area contributed by atoms with Gasteiger partial charge < -0.3 is 24.3 Å². The fraction of sp³-hybridized carbons (Fsp3) is 0.235. The van der Waals surface area contributed by atoms with E-state index in [4.69, 9.17) is 18.9 Å². The lowest BCUT2D eigenvalue weighted by molar-refractivity contribution is 0.0665. The number of nitrogens with one attached hydrogen (secondary N) is 1. The van der Waals surface area contributed by atoms with E-state index >= 15 is 0 Å². The SMILES string of the molecule is COc1cc2nccc(Oc3ccc(NC(=O)c4cc(CC5CCOCC5)cn(-c5ccc(F)cc5)c4=O)nc3)c2cc1OC. The standard InChI is InChI=1S/C34H31FN4O6/c1-42-30-17-26-28(18-31(30)43-2)36-12-9-29(26)45-25-7-8-32(37-19-25)38-33(40)27-16-22(15-21-10-13-44-14-11-21)20-39(34(27)41)24-5-3-23(35)4-6-24/h3-9,12,16-21H,10-11,13-15H2,1-2H3,(H,37,38,40). The molecule has 0 bridgehead atoms. The highest BCUT2D eigenvalue weighted by Crippen LogP contribution is 2.36. The maximum atomic E-state index is 13.6. The molecule has 0 radical (unpaired) electrons. The maximum absolute atomic E-state index is 13.6. The lowest BCUT2D eigenvalue weighted by Gasteiger charge is -2.22. The zero-order valence-electron chi connectivity index (χ0n) is 24.8. The molecule has 1 amide bonds. The Bertz CT molecular complexity index is 1890. The Kier molecular flexibility index (Phi) is 8.70. The van der Waals surface area contributed by atoms with Crippen molar-refractivity contribution >= 4 is 22.6 Å². The fourth-order valence-electron chi connectivity index (χ4n) is 5.35. The number of methoxy groups -OCH3 is 2. The second kappa shape index (κ2) is 13.1. The van der Waals surface area contributed by atoms with Crippen LogP contribution in [0.25, 0.3) is 16.6 Å². The van der Waals surface area contributed by atoms with Gasteiger partial charge in [-0.15, -0.1) is 0 Å². The number of benzene rings is 2. The zero-order valence-corrected chi connectivity index (χ0v) is 24.8. The molecule has 1 aliphatic heterocycles. The van der Waals surface area contributed by atoms with E-state index in [0.29, 0.717) is 65.1 Å². The number of rotatable bonds is 9. The van der Waals surface area contributed by atoms with Gasteiger partial charge in [0, 0.05) is 42.7 Å². The molecule has 45 heavy (non-hydrogen) atoms. The fourth-order valence-corrected chi connectivity index (χ4v) is 5.35. The molecule has 6 rings (SSSR count). The van der Waals surface area contributed by atoms with Crippen LogP contribution in [-0.2, 0) is 11.2 Å². The number of aromatic nitrogens is 3. The summed E-state index contributed by atoms with van der Waals surface area (Å²) in [6.45, 7) is 1.36. The number of nitrogens with zero attached hydrogens (tertiary/aromatic N) is 3. The number of amides is 1. The van der Waals surface area contributed by atoms with Crippen molar-refractivity contribution in [2.75, 3.05) is 32.8 Å². The van der Waals surface area contributed by atoms with Gasteiger partial charge in [-0.1, -0.05) is 0 Å². The summed E-state index contributed by atoms with van der Waals surface area (Å²) in [7, 11) is 3.11. The van der Waals surface area contributed by atoms with Crippen molar-refractivity contribution in [3.8, 4) is 28.7 Å². The van der Waals surface area contributed by atoms with Crippen molar-refractivity contribution in [1.82, 2.24) is 14.5 Å². The van der Waals surface area contributed by atoms with E-state index in [9.17, 15) is 14.0 Å². The molecule has 3 aromatic heterocycles. The molecular formula is C34H31FN4O6. The summed E-state index contributed by atoms with van der Waals surface area (Å²) in [6, 6.07) is 15.7. The molecule has 0 unspecified atom stereocenters. The lowest BCUT2D eigenvalue weighted by Crippen LogP contribution is -2.29. The number of fused-ring (bicyclic) bond motifs is 1. The van der Waals surface area contributed by atoms with Gasteiger partial charge in [-0.3, -0.25) is 19.1 Å². The summed E-state index contributed by atoms with van der Waals surface area (Å²) in [5.74, 6) is 1.62. The minimum atomic E-state index is -0.605. The van der Waals surface area contributed by atoms with Gasteiger partial charge in [0.05, 0.1) is 25.9 Å². The Morgan fingerprint density at radius 3 is 2.44 bits per heavy atom. The second-order valence-electron chi connectivity index (χ2n) is 10.6. The first-order valence-electron chi connectivity index (χ1n) is 14.5. The number of halogens is 1. The number of pyridine rings is 3. The Labute approximate surface area is 258 Å². The number of carbonyl (C=O) groups is 1. The largest absolute Gasteiger partial charge is 0.493 e. The molecule has 0 aliphatic carbocycles. The summed E-state index contributed by atoms with van der Waals surface area (Å²) >= 11 is 0. The topological polar surface area (TPSA) is 114 Å². The highest BCUT2D eigenvalue weighted by Gasteiger charge is 2.20. The molecule has 2 aromatic carbocycles. The first-order chi connectivity index (χ1) is 21.9. The highest BCUT2D eigenvalue weighted by atomic mass is 19.1. The Balaban J connectivity index is 1.24. The van der Waals surface area contributed by atoms with Crippen LogP contribution in [0.4, 0.5) is 10.2 Å². The highest BCUT2D eigenvalue weighted by molar-refractivity contribution is 6.03. The second-order valence-corrected chi connectivity index (χ2v) is 10.6. The average molecular weight is 611 g/mol. The quantitative estimate of drug-likeness (QED) is 0.218. The smallest absolute Gasteiger partial charge is 0.267 e. The zero-order chi connectivity index (χ0) is 31.3. The number of hydrogen-bond acceptors (Lipinski definition) is 8. The molecule has 4 heterocycles. The van der Waals surface area contributed by atoms with Crippen molar-refractivity contribution in [3.63, 3.8) is 0 Å². The van der Waals surface area contributed by atoms with Crippen LogP contribution in [0, 0.1) is 11.7 Å². The Morgan fingerprint density at radius 2 is 1.73 bits per heavy atom. The molecule has 11 heteroatoms. The number of anilines is 1. The van der Waals surface area contributed by atoms with Crippen LogP contribution in [0.2, 0.25) is 0 Å². The Hall–Kier alpha value is -5.29. The van der Waals surface area contributed by atoms with Gasteiger partial charge >= 0.3 is 0 Å². The number of ether oxygens (including phenoxy) is 4. The maximum Gasteiger partial charge on any atom is 0.267 e. The predicted molar refractivity (Wildman–Crippen MR) is 166 cm³/mol. The van der Waals surface area contributed by atoms with Crippen LogP contribution < -0.4 is 25.1 Å². The van der Waals surface area contributed by atoms with E-state index in [1.165, 1.54) is 35.0 Å². The van der Waals surface area contributed by atoms with Gasteiger partial charge in [0.2, 0.25) is 0 Å². The molecule has 1 saturated heterocycles. The van der Waals surface area contributed by atoms with E-state index < -0.39 is 17.3 Å². The van der Waals surface area contributed by atoms with Crippen molar-refractivity contribution < 1.29 is 28.1 Å². The minimum absolute atomic E-state index is 0.0429. The third-order valence-electron chi connectivity index (χ3n) is 7.70. The van der Waals surface area contributed by atoms with E-state index in [2.05, 4.69) is 15.3 Å². The molecule has 230 valence electrons. The molecule has 0 saturated carbocycles. The molecular weight excluding hydrogens is 579 g/mol. The monoisotopic (exact) mass is 610 g/mol. The van der Waals surface area contributed by atoms with Gasteiger partial charge in [0.25, 0.3) is 11.5 Å². The first-order valence-corrected chi connectivity index (χ1v) is 14.5. The average Bonchev–Trinajstić information content (AvgIpc) is 3.06. The third kappa shape index (κ3) is 6.63. The van der Waals surface area contributed by atoms with E-state index in [0.717, 1.165) is 18.4 Å². The van der Waals surface area contributed by atoms with Crippen molar-refractivity contribution in [2.24, 2.45) is 5.92 Å². The van der Waals surface area contributed by atoms with Crippen LogP contribution in [-0.4, -0.2) is 47.9 Å². The van der Waals surface area contributed by atoms with E-state index in [-0.39, 0.29) is 11.4 Å². The molecule has 1 N–H and O–H groups in total. The molecule has 0 spiro atoms. The van der Waals surface area contributed by atoms with Crippen LogP contribution >= 0.6 is 0 Å². The van der Waals surface area contributed by atoms with Gasteiger partial charge in [0.1, 0.15) is 28.7 Å². The van der Waals surface area contributed by atoms with E-state index in [1.54, 1.807) is 63.0 Å². The summed E-state index contributed by atoms with van der Waals surface area (Å²) in [4.78, 5) is 35.7. The minimum Gasteiger partial charge on any atom is -0.493 e. The first kappa shape index (κ1) is 29.8. The molecule has 1 aliphatic rings. The molecule has 0 atom stereocenters. The van der Waals surface area contributed by atoms with Crippen LogP contribution in [0.3, 0.4) is 0 Å². The summed E-state index contributed by atoms with van der Waals surface area (Å²) in [6.07, 6.45) is 7.29. The summed E-state index contributed by atoms with van der Waals surface area (Å²) in [5.41, 5.74) is 1.38. The normalized spacial score (nSPS) is 13.4. The van der Waals surface area contributed by atoms with Crippen LogP contribution in [0.1, 0.15) is 28.8 Å².